The zero-order valence-electron chi connectivity index (χ0n) is 16.6. The largest absolute Gasteiger partial charge is 0.311 e. The molecule has 7 nitrogen and oxygen atoms in total. The number of carbonyl (C=O) groups excluding carboxylic acids is 1. The SMILES string of the molecule is Cc1nn(Cc2ccccc2)c(C)c1[C@@H]1CC(=O)Nc2c1c(=O)[nH]n2C(C)C. The number of hydrogen-bond donors (Lipinski definition) is 2. The van der Waals surface area contributed by atoms with E-state index in [1.54, 1.807) is 4.68 Å². The fourth-order valence-electron chi connectivity index (χ4n) is 4.14. The summed E-state index contributed by atoms with van der Waals surface area (Å²) in [6.45, 7) is 8.56. The third-order valence-corrected chi connectivity index (χ3v) is 5.44. The Balaban J connectivity index is 1.81. The van der Waals surface area contributed by atoms with E-state index in [2.05, 4.69) is 22.5 Å². The smallest absolute Gasteiger partial charge is 0.270 e. The van der Waals surface area contributed by atoms with Gasteiger partial charge in [-0.15, -0.1) is 0 Å². The third kappa shape index (κ3) is 2.96. The number of H-pyrrole nitrogens is 1. The van der Waals surface area contributed by atoms with Crippen LogP contribution in [0.15, 0.2) is 35.1 Å². The minimum atomic E-state index is -0.294. The van der Waals surface area contributed by atoms with E-state index in [4.69, 9.17) is 5.10 Å². The van der Waals surface area contributed by atoms with Crippen molar-refractivity contribution in [2.75, 3.05) is 5.32 Å². The number of carbonyl (C=O) groups is 1. The predicted octanol–water partition coefficient (Wildman–Crippen LogP) is 3.09. The van der Waals surface area contributed by atoms with E-state index in [0.717, 1.165) is 22.5 Å². The fourth-order valence-corrected chi connectivity index (χ4v) is 4.14. The van der Waals surface area contributed by atoms with Crippen molar-refractivity contribution in [3.05, 3.63) is 68.8 Å². The zero-order chi connectivity index (χ0) is 20.0. The number of benzene rings is 1. The van der Waals surface area contributed by atoms with Crippen molar-refractivity contribution in [2.45, 2.75) is 52.6 Å². The predicted molar refractivity (Wildman–Crippen MR) is 108 cm³/mol. The van der Waals surface area contributed by atoms with Crippen LogP contribution < -0.4 is 10.9 Å². The van der Waals surface area contributed by atoms with E-state index in [-0.39, 0.29) is 29.8 Å². The topological polar surface area (TPSA) is 84.7 Å². The molecule has 28 heavy (non-hydrogen) atoms. The minimum absolute atomic E-state index is 0.0403. The first kappa shape index (κ1) is 18.3. The molecule has 2 N–H and O–H groups in total. The second kappa shape index (κ2) is 6.82. The summed E-state index contributed by atoms with van der Waals surface area (Å²) in [6, 6.07) is 10.2. The van der Waals surface area contributed by atoms with Crippen molar-refractivity contribution in [2.24, 2.45) is 0 Å². The molecule has 0 bridgehead atoms. The zero-order valence-corrected chi connectivity index (χ0v) is 16.6. The van der Waals surface area contributed by atoms with Gasteiger partial charge in [-0.2, -0.15) is 5.10 Å². The number of aromatic nitrogens is 4. The second-order valence-corrected chi connectivity index (χ2v) is 7.70. The highest BCUT2D eigenvalue weighted by atomic mass is 16.2. The molecule has 1 atom stereocenters. The molecular formula is C21H25N5O2. The number of aryl methyl sites for hydroxylation is 1. The van der Waals surface area contributed by atoms with E-state index >= 15 is 0 Å². The van der Waals surface area contributed by atoms with Gasteiger partial charge in [-0.1, -0.05) is 30.3 Å². The van der Waals surface area contributed by atoms with E-state index < -0.39 is 0 Å². The standard InChI is InChI=1S/C21H25N5O2/c1-12(2)26-20-19(21(28)24-26)16(10-17(27)22-20)18-13(3)23-25(14(18)4)11-15-8-6-5-7-9-15/h5-9,12,16H,10-11H2,1-4H3,(H,22,27)(H,24,28)/t16-/m0/s1. The van der Waals surface area contributed by atoms with Crippen molar-refractivity contribution in [1.29, 1.82) is 0 Å². The van der Waals surface area contributed by atoms with E-state index in [1.807, 2.05) is 50.6 Å². The molecule has 0 fully saturated rings. The van der Waals surface area contributed by atoms with Crippen LogP contribution in [0.3, 0.4) is 0 Å². The normalized spacial score (nSPS) is 16.3. The Morgan fingerprint density at radius 2 is 1.86 bits per heavy atom. The molecule has 0 spiro atoms. The first-order valence-corrected chi connectivity index (χ1v) is 9.59. The van der Waals surface area contributed by atoms with Gasteiger partial charge in [0.05, 0.1) is 17.8 Å². The molecule has 1 aromatic carbocycles. The highest BCUT2D eigenvalue weighted by Crippen LogP contribution is 2.38. The number of amides is 1. The number of nitrogens with one attached hydrogen (secondary N) is 2. The number of aromatic amines is 1. The summed E-state index contributed by atoms with van der Waals surface area (Å²) < 4.78 is 3.70. The molecule has 0 saturated heterocycles. The first-order valence-electron chi connectivity index (χ1n) is 9.59. The molecule has 7 heteroatoms. The van der Waals surface area contributed by atoms with Gasteiger partial charge in [-0.3, -0.25) is 24.1 Å². The highest BCUT2D eigenvalue weighted by Gasteiger charge is 2.35. The van der Waals surface area contributed by atoms with Crippen LogP contribution in [0.4, 0.5) is 5.82 Å². The molecule has 146 valence electrons. The Bertz CT molecular complexity index is 1090. The van der Waals surface area contributed by atoms with Crippen molar-refractivity contribution in [1.82, 2.24) is 19.6 Å². The molecule has 3 heterocycles. The maximum Gasteiger partial charge on any atom is 0.270 e. The summed E-state index contributed by atoms with van der Waals surface area (Å²) in [4.78, 5) is 25.2. The molecule has 2 aromatic heterocycles. The van der Waals surface area contributed by atoms with Crippen LogP contribution in [0.5, 0.6) is 0 Å². The van der Waals surface area contributed by atoms with Gasteiger partial charge in [0.15, 0.2) is 0 Å². The van der Waals surface area contributed by atoms with E-state index in [1.165, 1.54) is 0 Å². The average Bonchev–Trinajstić information content (AvgIpc) is 3.12. The molecule has 0 radical (unpaired) electrons. The molecule has 1 amide bonds. The van der Waals surface area contributed by atoms with Gasteiger partial charge in [0.25, 0.3) is 5.56 Å². The summed E-state index contributed by atoms with van der Waals surface area (Å²) in [5.41, 5.74) is 4.45. The van der Waals surface area contributed by atoms with Gasteiger partial charge in [0.1, 0.15) is 5.82 Å². The molecule has 0 unspecified atom stereocenters. The van der Waals surface area contributed by atoms with Crippen LogP contribution in [-0.2, 0) is 11.3 Å². The number of nitrogens with zero attached hydrogens (tertiary/aromatic N) is 3. The van der Waals surface area contributed by atoms with Crippen LogP contribution >= 0.6 is 0 Å². The Labute approximate surface area is 163 Å². The summed E-state index contributed by atoms with van der Waals surface area (Å²) in [7, 11) is 0. The second-order valence-electron chi connectivity index (χ2n) is 7.70. The van der Waals surface area contributed by atoms with Gasteiger partial charge < -0.3 is 5.32 Å². The van der Waals surface area contributed by atoms with Crippen LogP contribution in [0.1, 0.15) is 60.3 Å². The van der Waals surface area contributed by atoms with E-state index in [0.29, 0.717) is 17.9 Å². The van der Waals surface area contributed by atoms with Crippen LogP contribution in [0.25, 0.3) is 0 Å². The monoisotopic (exact) mass is 379 g/mol. The van der Waals surface area contributed by atoms with Crippen LogP contribution in [-0.4, -0.2) is 25.5 Å². The first-order chi connectivity index (χ1) is 13.4. The van der Waals surface area contributed by atoms with Crippen molar-refractivity contribution in [3.63, 3.8) is 0 Å². The summed E-state index contributed by atoms with van der Waals surface area (Å²) >= 11 is 0. The molecule has 4 rings (SSSR count). The Morgan fingerprint density at radius 3 is 2.54 bits per heavy atom. The van der Waals surface area contributed by atoms with Crippen molar-refractivity contribution >= 4 is 11.7 Å². The lowest BCUT2D eigenvalue weighted by Gasteiger charge is -2.24. The molecule has 0 saturated carbocycles. The molecule has 3 aromatic rings. The molecular weight excluding hydrogens is 354 g/mol. The van der Waals surface area contributed by atoms with E-state index in [9.17, 15) is 9.59 Å². The summed E-state index contributed by atoms with van der Waals surface area (Å²) in [5, 5.41) is 10.5. The number of anilines is 1. The lowest BCUT2D eigenvalue weighted by molar-refractivity contribution is -0.116. The lowest BCUT2D eigenvalue weighted by atomic mass is 9.86. The fraction of sp³-hybridized carbons (Fsp3) is 0.381. The quantitative estimate of drug-likeness (QED) is 0.730. The Morgan fingerprint density at radius 1 is 1.14 bits per heavy atom. The van der Waals surface area contributed by atoms with Crippen LogP contribution in [0, 0.1) is 13.8 Å². The summed E-state index contributed by atoms with van der Waals surface area (Å²) in [5.74, 6) is 0.202. The van der Waals surface area contributed by atoms with Crippen molar-refractivity contribution in [3.8, 4) is 0 Å². The number of hydrogen-bond acceptors (Lipinski definition) is 3. The van der Waals surface area contributed by atoms with Gasteiger partial charge in [0, 0.05) is 29.6 Å². The minimum Gasteiger partial charge on any atom is -0.311 e. The molecule has 0 aliphatic carbocycles. The van der Waals surface area contributed by atoms with Gasteiger partial charge in [0.2, 0.25) is 5.91 Å². The highest BCUT2D eigenvalue weighted by molar-refractivity contribution is 5.94. The average molecular weight is 379 g/mol. The van der Waals surface area contributed by atoms with Crippen LogP contribution in [0.2, 0.25) is 0 Å². The molecule has 1 aliphatic heterocycles. The lowest BCUT2D eigenvalue weighted by Crippen LogP contribution is -2.27. The Kier molecular flexibility index (Phi) is 4.45. The van der Waals surface area contributed by atoms with Gasteiger partial charge >= 0.3 is 0 Å². The van der Waals surface area contributed by atoms with Crippen molar-refractivity contribution < 1.29 is 4.79 Å². The number of rotatable bonds is 4. The molecule has 1 aliphatic rings. The maximum absolute atomic E-state index is 12.7. The Hall–Kier alpha value is -3.09. The third-order valence-electron chi connectivity index (χ3n) is 5.44. The summed E-state index contributed by atoms with van der Waals surface area (Å²) in [6.07, 6.45) is 0.247. The van der Waals surface area contributed by atoms with Gasteiger partial charge in [-0.25, -0.2) is 0 Å². The number of fused-ring (bicyclic) bond motifs is 1. The maximum atomic E-state index is 12.7. The van der Waals surface area contributed by atoms with Gasteiger partial charge in [-0.05, 0) is 33.3 Å².